The second-order valence-electron chi connectivity index (χ2n) is 5.83. The topological polar surface area (TPSA) is 78.4 Å². The van der Waals surface area contributed by atoms with Crippen LogP contribution >= 0.6 is 11.8 Å². The minimum Gasteiger partial charge on any atom is -0.481 e. The Hall–Kier alpha value is -0.910. The van der Waals surface area contributed by atoms with Gasteiger partial charge in [-0.3, -0.25) is 4.79 Å². The molecular weight excluding hydrogens is 276 g/mol. The Bertz CT molecular complexity index is 336. The molecule has 1 aliphatic carbocycles. The van der Waals surface area contributed by atoms with Crippen LogP contribution in [0.1, 0.15) is 39.5 Å². The first-order valence-corrected chi connectivity index (χ1v) is 8.52. The summed E-state index contributed by atoms with van der Waals surface area (Å²) in [5.41, 5.74) is 0. The van der Waals surface area contributed by atoms with Gasteiger partial charge < -0.3 is 15.7 Å². The number of rotatable bonds is 7. The number of thioether (sulfide) groups is 1. The Labute approximate surface area is 125 Å². The van der Waals surface area contributed by atoms with E-state index in [0.717, 1.165) is 19.3 Å². The van der Waals surface area contributed by atoms with Crippen LogP contribution < -0.4 is 10.6 Å². The molecule has 0 aromatic rings. The predicted octanol–water partition coefficient (Wildman–Crippen LogP) is 2.32. The highest BCUT2D eigenvalue weighted by molar-refractivity contribution is 7.99. The van der Waals surface area contributed by atoms with Crippen molar-refractivity contribution in [3.05, 3.63) is 0 Å². The zero-order chi connectivity index (χ0) is 15.1. The summed E-state index contributed by atoms with van der Waals surface area (Å²) in [6, 6.07) is -0.0377. The fraction of sp³-hybridized carbons (Fsp3) is 0.857. The number of hydrogen-bond donors (Lipinski definition) is 3. The van der Waals surface area contributed by atoms with Crippen LogP contribution in [-0.4, -0.2) is 41.2 Å². The molecule has 0 aliphatic heterocycles. The quantitative estimate of drug-likeness (QED) is 0.674. The molecule has 0 aromatic carbocycles. The third-order valence-corrected chi connectivity index (χ3v) is 4.86. The molecule has 5 nitrogen and oxygen atoms in total. The van der Waals surface area contributed by atoms with Crippen molar-refractivity contribution >= 4 is 23.8 Å². The molecule has 3 unspecified atom stereocenters. The normalized spacial score (nSPS) is 23.6. The number of nitrogens with one attached hydrogen (secondary N) is 2. The maximum atomic E-state index is 11.8. The molecule has 116 valence electrons. The molecule has 0 saturated heterocycles. The summed E-state index contributed by atoms with van der Waals surface area (Å²) in [6.07, 6.45) is 5.92. The maximum absolute atomic E-state index is 11.8. The summed E-state index contributed by atoms with van der Waals surface area (Å²) in [5.74, 6) is -1.06. The Morgan fingerprint density at radius 1 is 1.35 bits per heavy atom. The first-order valence-electron chi connectivity index (χ1n) is 7.24. The number of urea groups is 1. The van der Waals surface area contributed by atoms with Crippen LogP contribution in [0.2, 0.25) is 0 Å². The van der Waals surface area contributed by atoms with Gasteiger partial charge in [0.1, 0.15) is 0 Å². The molecular formula is C14H26N2O3S. The van der Waals surface area contributed by atoms with Gasteiger partial charge in [0.05, 0.1) is 5.92 Å². The van der Waals surface area contributed by atoms with Gasteiger partial charge in [0.2, 0.25) is 0 Å². The predicted molar refractivity (Wildman–Crippen MR) is 82.1 cm³/mol. The highest BCUT2D eigenvalue weighted by atomic mass is 32.2. The summed E-state index contributed by atoms with van der Waals surface area (Å²) >= 11 is 1.78. The number of carboxylic acids is 1. The van der Waals surface area contributed by atoms with Crippen molar-refractivity contribution in [1.29, 1.82) is 0 Å². The van der Waals surface area contributed by atoms with E-state index >= 15 is 0 Å². The zero-order valence-corrected chi connectivity index (χ0v) is 13.3. The number of aliphatic carboxylic acids is 1. The summed E-state index contributed by atoms with van der Waals surface area (Å²) in [6.45, 7) is 4.16. The number of hydrogen-bond acceptors (Lipinski definition) is 3. The Morgan fingerprint density at radius 3 is 2.60 bits per heavy atom. The average Bonchev–Trinajstić information content (AvgIpc) is 2.80. The van der Waals surface area contributed by atoms with Crippen LogP contribution in [0, 0.1) is 11.8 Å². The summed E-state index contributed by atoms with van der Waals surface area (Å²) in [7, 11) is 0. The number of carboxylic acid groups (broad SMARTS) is 1. The van der Waals surface area contributed by atoms with E-state index < -0.39 is 11.9 Å². The summed E-state index contributed by atoms with van der Waals surface area (Å²) < 4.78 is 0. The molecule has 2 amide bonds. The number of carbonyl (C=O) groups excluding carboxylic acids is 1. The van der Waals surface area contributed by atoms with E-state index in [9.17, 15) is 9.59 Å². The molecule has 0 heterocycles. The highest BCUT2D eigenvalue weighted by Crippen LogP contribution is 2.28. The number of carbonyl (C=O) groups is 2. The molecule has 1 fully saturated rings. The molecule has 0 radical (unpaired) electrons. The second-order valence-corrected chi connectivity index (χ2v) is 6.91. The van der Waals surface area contributed by atoms with Crippen LogP contribution in [0.3, 0.4) is 0 Å². The van der Waals surface area contributed by atoms with Crippen molar-refractivity contribution < 1.29 is 14.7 Å². The van der Waals surface area contributed by atoms with Crippen molar-refractivity contribution in [3.8, 4) is 0 Å². The lowest BCUT2D eigenvalue weighted by molar-refractivity contribution is -0.142. The van der Waals surface area contributed by atoms with Crippen LogP contribution in [0.5, 0.6) is 0 Å². The van der Waals surface area contributed by atoms with Crippen molar-refractivity contribution in [2.24, 2.45) is 11.8 Å². The van der Waals surface area contributed by atoms with E-state index in [1.54, 1.807) is 11.8 Å². The fourth-order valence-electron chi connectivity index (χ4n) is 2.65. The minimum atomic E-state index is -0.846. The van der Waals surface area contributed by atoms with Crippen molar-refractivity contribution in [2.45, 2.75) is 50.8 Å². The molecule has 0 spiro atoms. The molecule has 1 saturated carbocycles. The smallest absolute Gasteiger partial charge is 0.315 e. The van der Waals surface area contributed by atoms with E-state index in [-0.39, 0.29) is 18.6 Å². The first kappa shape index (κ1) is 17.1. The average molecular weight is 302 g/mol. The molecule has 0 bridgehead atoms. The van der Waals surface area contributed by atoms with Crippen LogP contribution in [-0.2, 0) is 4.79 Å². The van der Waals surface area contributed by atoms with E-state index in [1.165, 1.54) is 0 Å². The van der Waals surface area contributed by atoms with Gasteiger partial charge in [0.25, 0.3) is 0 Å². The Morgan fingerprint density at radius 2 is 2.05 bits per heavy atom. The highest BCUT2D eigenvalue weighted by Gasteiger charge is 2.28. The second kappa shape index (κ2) is 8.39. The van der Waals surface area contributed by atoms with E-state index in [2.05, 4.69) is 16.9 Å². The third-order valence-electron chi connectivity index (χ3n) is 3.69. The lowest BCUT2D eigenvalue weighted by Gasteiger charge is -2.21. The van der Waals surface area contributed by atoms with Crippen LogP contribution in [0.4, 0.5) is 4.79 Å². The molecule has 20 heavy (non-hydrogen) atoms. The first-order chi connectivity index (χ1) is 9.43. The SMILES string of the molecule is CSC1CCCC1NC(=O)NCC(CC(C)C)C(=O)O. The van der Waals surface area contributed by atoms with Gasteiger partial charge in [-0.05, 0) is 31.4 Å². The van der Waals surface area contributed by atoms with Crippen LogP contribution in [0.15, 0.2) is 0 Å². The van der Waals surface area contributed by atoms with Gasteiger partial charge in [-0.25, -0.2) is 4.79 Å². The Kier molecular flexibility index (Phi) is 7.19. The Balaban J connectivity index is 2.36. The van der Waals surface area contributed by atoms with Crippen molar-refractivity contribution in [3.63, 3.8) is 0 Å². The van der Waals surface area contributed by atoms with Crippen molar-refractivity contribution in [2.75, 3.05) is 12.8 Å². The van der Waals surface area contributed by atoms with Gasteiger partial charge in [0, 0.05) is 17.8 Å². The van der Waals surface area contributed by atoms with E-state index in [0.29, 0.717) is 17.6 Å². The lowest BCUT2D eigenvalue weighted by atomic mass is 9.97. The standard InChI is InChI=1S/C14H26N2O3S/c1-9(2)7-10(13(17)18)8-15-14(19)16-11-5-4-6-12(11)20-3/h9-12H,4-8H2,1-3H3,(H,17,18)(H2,15,16,19). The summed E-state index contributed by atoms with van der Waals surface area (Å²) in [4.78, 5) is 23.0. The summed E-state index contributed by atoms with van der Waals surface area (Å²) in [5, 5.41) is 15.3. The maximum Gasteiger partial charge on any atom is 0.315 e. The largest absolute Gasteiger partial charge is 0.481 e. The van der Waals surface area contributed by atoms with Gasteiger partial charge in [-0.1, -0.05) is 20.3 Å². The lowest BCUT2D eigenvalue weighted by Crippen LogP contribution is -2.46. The molecule has 3 atom stereocenters. The molecule has 6 heteroatoms. The molecule has 1 rings (SSSR count). The van der Waals surface area contributed by atoms with Gasteiger partial charge in [-0.15, -0.1) is 0 Å². The fourth-order valence-corrected chi connectivity index (χ4v) is 3.58. The van der Waals surface area contributed by atoms with Gasteiger partial charge >= 0.3 is 12.0 Å². The van der Waals surface area contributed by atoms with Crippen LogP contribution in [0.25, 0.3) is 0 Å². The van der Waals surface area contributed by atoms with E-state index in [4.69, 9.17) is 5.11 Å². The van der Waals surface area contributed by atoms with Crippen molar-refractivity contribution in [1.82, 2.24) is 10.6 Å². The molecule has 0 aromatic heterocycles. The zero-order valence-electron chi connectivity index (χ0n) is 12.5. The molecule has 1 aliphatic rings. The third kappa shape index (κ3) is 5.61. The monoisotopic (exact) mass is 302 g/mol. The van der Waals surface area contributed by atoms with E-state index in [1.807, 2.05) is 13.8 Å². The van der Waals surface area contributed by atoms with Gasteiger partial charge in [-0.2, -0.15) is 11.8 Å². The molecule has 3 N–H and O–H groups in total. The minimum absolute atomic E-state index is 0.190. The van der Waals surface area contributed by atoms with Gasteiger partial charge in [0.15, 0.2) is 0 Å². The number of amides is 2.